The maximum Gasteiger partial charge on any atom is 0.109 e. The van der Waals surface area contributed by atoms with Crippen molar-refractivity contribution in [2.24, 2.45) is 5.73 Å². The third kappa shape index (κ3) is 2.71. The molecule has 1 aromatic carbocycles. The molecule has 3 heteroatoms. The normalized spacial score (nSPS) is 23.5. The number of aromatic nitrogens is 2. The number of rotatable bonds is 2. The summed E-state index contributed by atoms with van der Waals surface area (Å²) in [4.78, 5) is 8.06. The van der Waals surface area contributed by atoms with Gasteiger partial charge in [0.2, 0.25) is 0 Å². The minimum atomic E-state index is 0.391. The third-order valence-corrected chi connectivity index (χ3v) is 4.08. The van der Waals surface area contributed by atoms with Gasteiger partial charge in [0.1, 0.15) is 5.82 Å². The maximum atomic E-state index is 5.96. The van der Waals surface area contributed by atoms with Crippen LogP contribution < -0.4 is 5.73 Å². The molecule has 1 fully saturated rings. The highest BCUT2D eigenvalue weighted by Gasteiger charge is 2.22. The lowest BCUT2D eigenvalue weighted by atomic mass is 9.86. The number of hydrogen-bond acceptors (Lipinski definition) is 2. The Kier molecular flexibility index (Phi) is 3.38. The van der Waals surface area contributed by atoms with Crippen LogP contribution in [-0.2, 0) is 0 Å². The largest absolute Gasteiger partial charge is 0.342 e. The number of benzene rings is 1. The van der Waals surface area contributed by atoms with Crippen molar-refractivity contribution in [2.45, 2.75) is 44.6 Å². The van der Waals surface area contributed by atoms with E-state index in [1.807, 2.05) is 6.20 Å². The summed E-state index contributed by atoms with van der Waals surface area (Å²) >= 11 is 0. The van der Waals surface area contributed by atoms with Crippen LogP contribution in [0.4, 0.5) is 0 Å². The summed E-state index contributed by atoms with van der Waals surface area (Å²) in [6, 6.07) is 8.91. The van der Waals surface area contributed by atoms with E-state index in [9.17, 15) is 0 Å². The smallest absolute Gasteiger partial charge is 0.109 e. The molecule has 3 rings (SSSR count). The number of nitrogens with one attached hydrogen (secondary N) is 1. The van der Waals surface area contributed by atoms with Crippen molar-refractivity contribution in [1.82, 2.24) is 9.97 Å². The number of aryl methyl sites for hydroxylation is 1. The highest BCUT2D eigenvalue weighted by atomic mass is 14.9. The second kappa shape index (κ2) is 5.17. The summed E-state index contributed by atoms with van der Waals surface area (Å²) in [5.74, 6) is 1.68. The van der Waals surface area contributed by atoms with E-state index in [-0.39, 0.29) is 0 Å². The predicted molar refractivity (Wildman–Crippen MR) is 77.9 cm³/mol. The van der Waals surface area contributed by atoms with Crippen molar-refractivity contribution in [3.05, 3.63) is 41.9 Å². The molecule has 0 saturated heterocycles. The van der Waals surface area contributed by atoms with Crippen molar-refractivity contribution in [3.8, 4) is 11.3 Å². The van der Waals surface area contributed by atoms with Gasteiger partial charge in [0.25, 0.3) is 0 Å². The first-order valence-corrected chi connectivity index (χ1v) is 7.10. The van der Waals surface area contributed by atoms with E-state index in [0.717, 1.165) is 37.2 Å². The second-order valence-electron chi connectivity index (χ2n) is 5.66. The Labute approximate surface area is 114 Å². The number of hydrogen-bond donors (Lipinski definition) is 2. The molecule has 0 spiro atoms. The van der Waals surface area contributed by atoms with Crippen LogP contribution in [0.5, 0.6) is 0 Å². The Morgan fingerprint density at radius 3 is 2.74 bits per heavy atom. The Morgan fingerprint density at radius 1 is 1.21 bits per heavy atom. The SMILES string of the molecule is Cc1cccc(-c2cnc(C3CCC(N)CC3)[nH]2)c1. The van der Waals surface area contributed by atoms with E-state index in [1.165, 1.54) is 11.1 Å². The standard InChI is InChI=1S/C16H21N3/c1-11-3-2-4-13(9-11)15-10-18-16(19-15)12-5-7-14(17)8-6-12/h2-4,9-10,12,14H,5-8,17H2,1H3,(H,18,19). The van der Waals surface area contributed by atoms with Crippen LogP contribution in [0.25, 0.3) is 11.3 Å². The molecule has 100 valence electrons. The van der Waals surface area contributed by atoms with Crippen LogP contribution >= 0.6 is 0 Å². The summed E-state index contributed by atoms with van der Waals surface area (Å²) in [5.41, 5.74) is 9.57. The van der Waals surface area contributed by atoms with E-state index in [2.05, 4.69) is 41.2 Å². The Bertz CT molecular complexity index is 551. The topological polar surface area (TPSA) is 54.7 Å². The van der Waals surface area contributed by atoms with Crippen molar-refractivity contribution >= 4 is 0 Å². The number of imidazole rings is 1. The molecule has 0 aliphatic heterocycles. The molecule has 1 aromatic heterocycles. The van der Waals surface area contributed by atoms with Gasteiger partial charge in [-0.3, -0.25) is 0 Å². The molecular weight excluding hydrogens is 234 g/mol. The van der Waals surface area contributed by atoms with Crippen molar-refractivity contribution in [3.63, 3.8) is 0 Å². The number of nitrogens with two attached hydrogens (primary N) is 1. The number of nitrogens with zero attached hydrogens (tertiary/aromatic N) is 1. The average molecular weight is 255 g/mol. The lowest BCUT2D eigenvalue weighted by molar-refractivity contribution is 0.386. The molecule has 0 unspecified atom stereocenters. The summed E-state index contributed by atoms with van der Waals surface area (Å²) in [5, 5.41) is 0. The molecule has 2 aromatic rings. The van der Waals surface area contributed by atoms with Gasteiger partial charge in [-0.25, -0.2) is 4.98 Å². The molecule has 0 atom stereocenters. The predicted octanol–water partition coefficient (Wildman–Crippen LogP) is 3.37. The van der Waals surface area contributed by atoms with Gasteiger partial charge in [0.05, 0.1) is 11.9 Å². The molecule has 0 radical (unpaired) electrons. The van der Waals surface area contributed by atoms with Gasteiger partial charge in [-0.2, -0.15) is 0 Å². The first kappa shape index (κ1) is 12.4. The van der Waals surface area contributed by atoms with E-state index in [4.69, 9.17) is 5.73 Å². The summed E-state index contributed by atoms with van der Waals surface area (Å²) in [6.45, 7) is 2.11. The van der Waals surface area contributed by atoms with Gasteiger partial charge in [-0.05, 0) is 44.2 Å². The van der Waals surface area contributed by atoms with Crippen molar-refractivity contribution in [2.75, 3.05) is 0 Å². The molecule has 0 amide bonds. The van der Waals surface area contributed by atoms with Gasteiger partial charge < -0.3 is 10.7 Å². The number of H-pyrrole nitrogens is 1. The molecule has 3 N–H and O–H groups in total. The Hall–Kier alpha value is -1.61. The Morgan fingerprint density at radius 2 is 2.00 bits per heavy atom. The fraction of sp³-hybridized carbons (Fsp3) is 0.438. The van der Waals surface area contributed by atoms with Crippen LogP contribution in [-0.4, -0.2) is 16.0 Å². The van der Waals surface area contributed by atoms with Crippen LogP contribution in [0.15, 0.2) is 30.5 Å². The van der Waals surface area contributed by atoms with Gasteiger partial charge >= 0.3 is 0 Å². The van der Waals surface area contributed by atoms with Crippen molar-refractivity contribution < 1.29 is 0 Å². The number of aromatic amines is 1. The quantitative estimate of drug-likeness (QED) is 0.864. The lowest BCUT2D eigenvalue weighted by Gasteiger charge is -2.24. The van der Waals surface area contributed by atoms with E-state index < -0.39 is 0 Å². The highest BCUT2D eigenvalue weighted by Crippen LogP contribution is 2.31. The molecule has 1 aliphatic carbocycles. The fourth-order valence-electron chi connectivity index (χ4n) is 2.90. The van der Waals surface area contributed by atoms with Crippen LogP contribution in [0, 0.1) is 6.92 Å². The third-order valence-electron chi connectivity index (χ3n) is 4.08. The highest BCUT2D eigenvalue weighted by molar-refractivity contribution is 5.59. The molecule has 19 heavy (non-hydrogen) atoms. The van der Waals surface area contributed by atoms with Gasteiger partial charge in [0.15, 0.2) is 0 Å². The monoisotopic (exact) mass is 255 g/mol. The van der Waals surface area contributed by atoms with Crippen LogP contribution in [0.3, 0.4) is 0 Å². The molecule has 0 bridgehead atoms. The van der Waals surface area contributed by atoms with E-state index in [1.54, 1.807) is 0 Å². The first-order valence-electron chi connectivity index (χ1n) is 7.10. The zero-order valence-corrected chi connectivity index (χ0v) is 11.4. The molecule has 1 saturated carbocycles. The summed E-state index contributed by atoms with van der Waals surface area (Å²) in [6.07, 6.45) is 6.50. The van der Waals surface area contributed by atoms with Gasteiger partial charge in [-0.1, -0.05) is 23.8 Å². The van der Waals surface area contributed by atoms with Crippen molar-refractivity contribution in [1.29, 1.82) is 0 Å². The van der Waals surface area contributed by atoms with E-state index >= 15 is 0 Å². The van der Waals surface area contributed by atoms with Crippen LogP contribution in [0.2, 0.25) is 0 Å². The Balaban J connectivity index is 1.80. The summed E-state index contributed by atoms with van der Waals surface area (Å²) < 4.78 is 0. The van der Waals surface area contributed by atoms with Gasteiger partial charge in [-0.15, -0.1) is 0 Å². The minimum Gasteiger partial charge on any atom is -0.342 e. The van der Waals surface area contributed by atoms with E-state index in [0.29, 0.717) is 12.0 Å². The summed E-state index contributed by atoms with van der Waals surface area (Å²) in [7, 11) is 0. The zero-order chi connectivity index (χ0) is 13.2. The molecule has 1 heterocycles. The fourth-order valence-corrected chi connectivity index (χ4v) is 2.90. The molecule has 1 aliphatic rings. The second-order valence-corrected chi connectivity index (χ2v) is 5.66. The van der Waals surface area contributed by atoms with Crippen LogP contribution in [0.1, 0.15) is 43.0 Å². The average Bonchev–Trinajstić information content (AvgIpc) is 2.89. The molecule has 3 nitrogen and oxygen atoms in total. The first-order chi connectivity index (χ1) is 9.22. The maximum absolute atomic E-state index is 5.96. The minimum absolute atomic E-state index is 0.391. The zero-order valence-electron chi connectivity index (χ0n) is 11.4. The lowest BCUT2D eigenvalue weighted by Crippen LogP contribution is -2.26. The van der Waals surface area contributed by atoms with Gasteiger partial charge in [0, 0.05) is 12.0 Å². The molecular formula is C16H21N3.